The van der Waals surface area contributed by atoms with Gasteiger partial charge in [-0.1, -0.05) is 6.07 Å². The van der Waals surface area contributed by atoms with E-state index in [2.05, 4.69) is 29.4 Å². The lowest BCUT2D eigenvalue weighted by atomic mass is 10.2. The zero-order valence-electron chi connectivity index (χ0n) is 11.0. The first-order valence-electron chi connectivity index (χ1n) is 5.99. The van der Waals surface area contributed by atoms with E-state index in [9.17, 15) is 0 Å². The molecule has 3 heteroatoms. The van der Waals surface area contributed by atoms with Gasteiger partial charge in [0.1, 0.15) is 5.75 Å². The molecule has 0 aliphatic rings. The number of aryl methyl sites for hydroxylation is 2. The topological polar surface area (TPSA) is 34.1 Å². The smallest absolute Gasteiger partial charge is 0.121 e. The van der Waals surface area contributed by atoms with Crippen LogP contribution in [0.15, 0.2) is 36.5 Å². The molecule has 2 rings (SSSR count). The van der Waals surface area contributed by atoms with Gasteiger partial charge in [0, 0.05) is 11.9 Å². The third kappa shape index (κ3) is 2.80. The van der Waals surface area contributed by atoms with E-state index in [0.717, 1.165) is 29.2 Å². The molecule has 0 unspecified atom stereocenters. The molecule has 0 fully saturated rings. The second kappa shape index (κ2) is 5.54. The van der Waals surface area contributed by atoms with Crippen LogP contribution < -0.4 is 10.1 Å². The van der Waals surface area contributed by atoms with E-state index in [0.29, 0.717) is 0 Å². The molecular formula is C15H18N2O. The van der Waals surface area contributed by atoms with E-state index in [1.165, 1.54) is 5.56 Å². The fourth-order valence-corrected chi connectivity index (χ4v) is 1.88. The number of nitrogens with zero attached hydrogens (tertiary/aromatic N) is 1. The van der Waals surface area contributed by atoms with E-state index in [1.54, 1.807) is 7.11 Å². The van der Waals surface area contributed by atoms with Gasteiger partial charge in [-0.05, 0) is 49.2 Å². The van der Waals surface area contributed by atoms with Crippen LogP contribution in [0.3, 0.4) is 0 Å². The van der Waals surface area contributed by atoms with Crippen LogP contribution in [0.5, 0.6) is 5.75 Å². The van der Waals surface area contributed by atoms with Crippen LogP contribution in [-0.4, -0.2) is 12.1 Å². The fraction of sp³-hybridized carbons (Fsp3) is 0.267. The summed E-state index contributed by atoms with van der Waals surface area (Å²) in [6.07, 6.45) is 1.82. The van der Waals surface area contributed by atoms with E-state index < -0.39 is 0 Å². The largest absolute Gasteiger partial charge is 0.496 e. The average molecular weight is 242 g/mol. The zero-order valence-corrected chi connectivity index (χ0v) is 11.0. The maximum atomic E-state index is 5.24. The second-order valence-corrected chi connectivity index (χ2v) is 4.30. The van der Waals surface area contributed by atoms with Gasteiger partial charge in [-0.15, -0.1) is 0 Å². The van der Waals surface area contributed by atoms with Crippen LogP contribution in [0.25, 0.3) is 0 Å². The molecular weight excluding hydrogens is 224 g/mol. The Bertz CT molecular complexity index is 538. The number of rotatable bonds is 4. The fourth-order valence-electron chi connectivity index (χ4n) is 1.88. The minimum atomic E-state index is 0.735. The van der Waals surface area contributed by atoms with E-state index in [-0.39, 0.29) is 0 Å². The van der Waals surface area contributed by atoms with Gasteiger partial charge in [-0.25, -0.2) is 0 Å². The standard InChI is InChI=1S/C15H18N2O/c1-11-5-4-8-16-14(11)10-17-13-6-7-15(18-3)12(2)9-13/h4-9,17H,10H2,1-3H3. The minimum absolute atomic E-state index is 0.735. The molecule has 1 aromatic heterocycles. The normalized spacial score (nSPS) is 10.2. The Hall–Kier alpha value is -2.03. The molecule has 0 radical (unpaired) electrons. The first-order valence-corrected chi connectivity index (χ1v) is 5.99. The summed E-state index contributed by atoms with van der Waals surface area (Å²) in [6.45, 7) is 4.84. The SMILES string of the molecule is COc1ccc(NCc2ncccc2C)cc1C. The molecule has 1 heterocycles. The van der Waals surface area contributed by atoms with Crippen molar-refractivity contribution < 1.29 is 4.74 Å². The van der Waals surface area contributed by atoms with Crippen molar-refractivity contribution in [1.82, 2.24) is 4.98 Å². The van der Waals surface area contributed by atoms with Crippen LogP contribution in [-0.2, 0) is 6.54 Å². The Morgan fingerprint density at radius 1 is 1.17 bits per heavy atom. The predicted molar refractivity (Wildman–Crippen MR) is 74.0 cm³/mol. The van der Waals surface area contributed by atoms with Crippen LogP contribution in [0, 0.1) is 13.8 Å². The number of nitrogens with one attached hydrogen (secondary N) is 1. The molecule has 1 N–H and O–H groups in total. The van der Waals surface area contributed by atoms with Gasteiger partial charge in [0.05, 0.1) is 19.3 Å². The Kier molecular flexibility index (Phi) is 3.82. The van der Waals surface area contributed by atoms with Gasteiger partial charge in [0.2, 0.25) is 0 Å². The Labute approximate surface area is 108 Å². The summed E-state index contributed by atoms with van der Waals surface area (Å²) in [5.41, 5.74) is 4.49. The highest BCUT2D eigenvalue weighted by Crippen LogP contribution is 2.21. The van der Waals surface area contributed by atoms with Crippen LogP contribution >= 0.6 is 0 Å². The Morgan fingerprint density at radius 2 is 2.00 bits per heavy atom. The highest BCUT2D eigenvalue weighted by atomic mass is 16.5. The highest BCUT2D eigenvalue weighted by molar-refractivity contribution is 5.51. The zero-order chi connectivity index (χ0) is 13.0. The van der Waals surface area contributed by atoms with Crippen molar-refractivity contribution in [3.63, 3.8) is 0 Å². The molecule has 0 aliphatic heterocycles. The minimum Gasteiger partial charge on any atom is -0.496 e. The van der Waals surface area contributed by atoms with Gasteiger partial charge in [0.15, 0.2) is 0 Å². The quantitative estimate of drug-likeness (QED) is 0.893. The lowest BCUT2D eigenvalue weighted by Gasteiger charge is -2.10. The lowest BCUT2D eigenvalue weighted by molar-refractivity contribution is 0.412. The number of anilines is 1. The maximum Gasteiger partial charge on any atom is 0.121 e. The van der Waals surface area contributed by atoms with Crippen molar-refractivity contribution in [1.29, 1.82) is 0 Å². The van der Waals surface area contributed by atoms with Gasteiger partial charge in [-0.3, -0.25) is 4.98 Å². The third-order valence-electron chi connectivity index (χ3n) is 2.97. The monoisotopic (exact) mass is 242 g/mol. The lowest BCUT2D eigenvalue weighted by Crippen LogP contribution is -2.03. The van der Waals surface area contributed by atoms with Crippen LogP contribution in [0.4, 0.5) is 5.69 Å². The summed E-state index contributed by atoms with van der Waals surface area (Å²) in [6, 6.07) is 10.1. The van der Waals surface area contributed by atoms with Gasteiger partial charge < -0.3 is 10.1 Å². The van der Waals surface area contributed by atoms with Crippen molar-refractivity contribution >= 4 is 5.69 Å². The first kappa shape index (κ1) is 12.4. The van der Waals surface area contributed by atoms with Crippen molar-refractivity contribution in [2.24, 2.45) is 0 Å². The summed E-state index contributed by atoms with van der Waals surface area (Å²) >= 11 is 0. The number of benzene rings is 1. The number of hydrogen-bond acceptors (Lipinski definition) is 3. The molecule has 0 aliphatic carbocycles. The molecule has 1 aromatic carbocycles. The maximum absolute atomic E-state index is 5.24. The summed E-state index contributed by atoms with van der Waals surface area (Å²) in [5, 5.41) is 3.38. The van der Waals surface area contributed by atoms with Gasteiger partial charge >= 0.3 is 0 Å². The molecule has 94 valence electrons. The predicted octanol–water partition coefficient (Wildman–Crippen LogP) is 3.32. The van der Waals surface area contributed by atoms with Crippen LogP contribution in [0.1, 0.15) is 16.8 Å². The molecule has 0 bridgehead atoms. The van der Waals surface area contributed by atoms with Crippen LogP contribution in [0.2, 0.25) is 0 Å². The van der Waals surface area contributed by atoms with E-state index in [4.69, 9.17) is 4.74 Å². The highest BCUT2D eigenvalue weighted by Gasteiger charge is 2.01. The average Bonchev–Trinajstić information content (AvgIpc) is 2.38. The summed E-state index contributed by atoms with van der Waals surface area (Å²) in [7, 11) is 1.69. The number of methoxy groups -OCH3 is 1. The molecule has 18 heavy (non-hydrogen) atoms. The number of ether oxygens (including phenoxy) is 1. The summed E-state index contributed by atoms with van der Waals surface area (Å²) in [5.74, 6) is 0.912. The number of hydrogen-bond donors (Lipinski definition) is 1. The molecule has 3 nitrogen and oxygen atoms in total. The molecule has 2 aromatic rings. The van der Waals surface area contributed by atoms with E-state index >= 15 is 0 Å². The number of pyridine rings is 1. The molecule has 0 saturated heterocycles. The Balaban J connectivity index is 2.07. The van der Waals surface area contributed by atoms with E-state index in [1.807, 2.05) is 31.3 Å². The summed E-state index contributed by atoms with van der Waals surface area (Å²) < 4.78 is 5.24. The van der Waals surface area contributed by atoms with Gasteiger partial charge in [-0.2, -0.15) is 0 Å². The Morgan fingerprint density at radius 3 is 2.67 bits per heavy atom. The summed E-state index contributed by atoms with van der Waals surface area (Å²) in [4.78, 5) is 4.36. The molecule has 0 spiro atoms. The number of aromatic nitrogens is 1. The first-order chi connectivity index (χ1) is 8.70. The van der Waals surface area contributed by atoms with Crippen molar-refractivity contribution in [2.75, 3.05) is 12.4 Å². The van der Waals surface area contributed by atoms with Gasteiger partial charge in [0.25, 0.3) is 0 Å². The molecule has 0 saturated carbocycles. The van der Waals surface area contributed by atoms with Crippen molar-refractivity contribution in [2.45, 2.75) is 20.4 Å². The van der Waals surface area contributed by atoms with Crippen molar-refractivity contribution in [3.05, 3.63) is 53.3 Å². The second-order valence-electron chi connectivity index (χ2n) is 4.30. The molecule has 0 amide bonds. The third-order valence-corrected chi connectivity index (χ3v) is 2.97. The molecule has 0 atom stereocenters. The van der Waals surface area contributed by atoms with Crippen molar-refractivity contribution in [3.8, 4) is 5.75 Å².